The molecule has 6 nitrogen and oxygen atoms in total. The molecular formula is C25H31FN4O2. The van der Waals surface area contributed by atoms with Gasteiger partial charge in [0.1, 0.15) is 5.82 Å². The van der Waals surface area contributed by atoms with Gasteiger partial charge in [0.25, 0.3) is 5.91 Å². The van der Waals surface area contributed by atoms with E-state index in [1.54, 1.807) is 18.3 Å². The van der Waals surface area contributed by atoms with Crippen molar-refractivity contribution in [1.29, 1.82) is 0 Å². The fourth-order valence-corrected chi connectivity index (χ4v) is 4.59. The van der Waals surface area contributed by atoms with Crippen LogP contribution in [0, 0.1) is 5.82 Å². The van der Waals surface area contributed by atoms with Crippen molar-refractivity contribution in [2.45, 2.75) is 38.1 Å². The van der Waals surface area contributed by atoms with E-state index < -0.39 is 5.41 Å². The van der Waals surface area contributed by atoms with Gasteiger partial charge in [-0.2, -0.15) is 0 Å². The van der Waals surface area contributed by atoms with Crippen LogP contribution in [0.25, 0.3) is 0 Å². The molecule has 0 saturated carbocycles. The van der Waals surface area contributed by atoms with Crippen LogP contribution in [-0.2, 0) is 10.2 Å². The Morgan fingerprint density at radius 2 is 1.69 bits per heavy atom. The summed E-state index contributed by atoms with van der Waals surface area (Å²) >= 11 is 0. The van der Waals surface area contributed by atoms with Crippen LogP contribution in [0.15, 0.2) is 42.6 Å². The molecule has 170 valence electrons. The minimum atomic E-state index is -0.770. The Kier molecular flexibility index (Phi) is 6.29. The van der Waals surface area contributed by atoms with Crippen molar-refractivity contribution >= 4 is 11.8 Å². The van der Waals surface area contributed by atoms with Crippen molar-refractivity contribution < 1.29 is 14.0 Å². The van der Waals surface area contributed by atoms with Crippen LogP contribution < -0.4 is 0 Å². The molecule has 1 aromatic heterocycles. The zero-order chi connectivity index (χ0) is 22.9. The van der Waals surface area contributed by atoms with E-state index >= 15 is 0 Å². The lowest BCUT2D eigenvalue weighted by molar-refractivity contribution is -0.137. The third kappa shape index (κ3) is 4.39. The maximum Gasteiger partial charge on any atom is 0.255 e. The average Bonchev–Trinajstić information content (AvgIpc) is 3.29. The van der Waals surface area contributed by atoms with E-state index in [0.717, 1.165) is 50.3 Å². The number of rotatable bonds is 4. The first-order valence-electron chi connectivity index (χ1n) is 11.3. The normalized spacial score (nSPS) is 19.9. The number of likely N-dealkylation sites (N-methyl/N-ethyl adjacent to an activating group) is 1. The summed E-state index contributed by atoms with van der Waals surface area (Å²) in [6.45, 7) is 7.62. The molecule has 0 radical (unpaired) electrons. The first-order valence-corrected chi connectivity index (χ1v) is 11.3. The van der Waals surface area contributed by atoms with Crippen molar-refractivity contribution in [3.63, 3.8) is 0 Å². The third-order valence-electron chi connectivity index (χ3n) is 6.78. The highest BCUT2D eigenvalue weighted by molar-refractivity contribution is 5.94. The predicted octanol–water partition coefficient (Wildman–Crippen LogP) is 3.25. The van der Waals surface area contributed by atoms with Gasteiger partial charge in [0, 0.05) is 38.9 Å². The average molecular weight is 439 g/mol. The molecule has 0 aliphatic carbocycles. The van der Waals surface area contributed by atoms with E-state index in [-0.39, 0.29) is 23.7 Å². The summed E-state index contributed by atoms with van der Waals surface area (Å²) in [7, 11) is 2.06. The van der Waals surface area contributed by atoms with Gasteiger partial charge in [0.15, 0.2) is 0 Å². The predicted molar refractivity (Wildman–Crippen MR) is 121 cm³/mol. The second-order valence-electron chi connectivity index (χ2n) is 9.36. The molecule has 32 heavy (non-hydrogen) atoms. The van der Waals surface area contributed by atoms with Gasteiger partial charge in [0.05, 0.1) is 22.7 Å². The molecule has 2 amide bonds. The van der Waals surface area contributed by atoms with Crippen LogP contribution in [0.1, 0.15) is 54.3 Å². The largest absolute Gasteiger partial charge is 0.336 e. The second kappa shape index (κ2) is 8.98. The number of pyridine rings is 1. The lowest BCUT2D eigenvalue weighted by atomic mass is 9.83. The number of carbonyl (C=O) groups excluding carboxylic acids is 2. The molecule has 4 rings (SSSR count). The number of nitrogens with zero attached hydrogens (tertiary/aromatic N) is 4. The number of piperazine rings is 1. The highest BCUT2D eigenvalue weighted by Crippen LogP contribution is 2.36. The van der Waals surface area contributed by atoms with E-state index in [1.807, 2.05) is 35.8 Å². The standard InChI is InChI=1S/C25H31FN4O2/c1-25(2,19-7-9-20(26)10-8-19)24(32)30-12-4-5-22(30)21-11-6-18(17-27-21)23(31)29-15-13-28(3)14-16-29/h6-11,17,22H,4-5,12-16H2,1-3H3/t22-/m0/s1. The maximum absolute atomic E-state index is 13.5. The van der Waals surface area contributed by atoms with Gasteiger partial charge in [-0.25, -0.2) is 4.39 Å². The number of likely N-dealkylation sites (tertiary alicyclic amines) is 1. The highest BCUT2D eigenvalue weighted by Gasteiger charge is 2.40. The first-order chi connectivity index (χ1) is 15.3. The number of benzene rings is 1. The fourth-order valence-electron chi connectivity index (χ4n) is 4.59. The van der Waals surface area contributed by atoms with E-state index in [0.29, 0.717) is 12.1 Å². The Balaban J connectivity index is 1.49. The Labute approximate surface area is 189 Å². The Morgan fingerprint density at radius 3 is 2.31 bits per heavy atom. The van der Waals surface area contributed by atoms with Gasteiger partial charge in [-0.1, -0.05) is 12.1 Å². The molecule has 2 saturated heterocycles. The van der Waals surface area contributed by atoms with Gasteiger partial charge in [-0.15, -0.1) is 0 Å². The van der Waals surface area contributed by atoms with Crippen molar-refractivity contribution in [1.82, 2.24) is 19.7 Å². The zero-order valence-electron chi connectivity index (χ0n) is 19.1. The van der Waals surface area contributed by atoms with Crippen molar-refractivity contribution in [3.8, 4) is 0 Å². The minimum Gasteiger partial charge on any atom is -0.336 e. The van der Waals surface area contributed by atoms with Gasteiger partial charge < -0.3 is 14.7 Å². The van der Waals surface area contributed by atoms with E-state index in [9.17, 15) is 14.0 Å². The van der Waals surface area contributed by atoms with Crippen LogP contribution in [0.3, 0.4) is 0 Å². The summed E-state index contributed by atoms with van der Waals surface area (Å²) in [5, 5.41) is 0. The summed E-state index contributed by atoms with van der Waals surface area (Å²) in [5.41, 5.74) is 1.41. The molecule has 2 fully saturated rings. The molecule has 0 unspecified atom stereocenters. The molecule has 2 aliphatic rings. The zero-order valence-corrected chi connectivity index (χ0v) is 19.1. The Morgan fingerprint density at radius 1 is 1.00 bits per heavy atom. The molecule has 3 heterocycles. The van der Waals surface area contributed by atoms with Gasteiger partial charge in [-0.3, -0.25) is 14.6 Å². The Bertz CT molecular complexity index is 966. The van der Waals surface area contributed by atoms with Gasteiger partial charge in [-0.05, 0) is 63.6 Å². The summed E-state index contributed by atoms with van der Waals surface area (Å²) in [6.07, 6.45) is 3.38. The monoisotopic (exact) mass is 438 g/mol. The lowest BCUT2D eigenvalue weighted by Crippen LogP contribution is -2.47. The molecule has 1 aromatic carbocycles. The minimum absolute atomic E-state index is 0.00555. The SMILES string of the molecule is CN1CCN(C(=O)c2ccc([C@@H]3CCCN3C(=O)C(C)(C)c3ccc(F)cc3)nc2)CC1. The van der Waals surface area contributed by atoms with E-state index in [2.05, 4.69) is 16.9 Å². The maximum atomic E-state index is 13.5. The van der Waals surface area contributed by atoms with E-state index in [4.69, 9.17) is 0 Å². The van der Waals surface area contributed by atoms with Crippen molar-refractivity contribution in [2.24, 2.45) is 0 Å². The second-order valence-corrected chi connectivity index (χ2v) is 9.36. The topological polar surface area (TPSA) is 56.8 Å². The number of aromatic nitrogens is 1. The molecule has 0 N–H and O–H groups in total. The van der Waals surface area contributed by atoms with Gasteiger partial charge >= 0.3 is 0 Å². The molecule has 7 heteroatoms. The summed E-state index contributed by atoms with van der Waals surface area (Å²) < 4.78 is 13.4. The number of hydrogen-bond donors (Lipinski definition) is 0. The smallest absolute Gasteiger partial charge is 0.255 e. The number of halogens is 1. The Hall–Kier alpha value is -2.80. The van der Waals surface area contributed by atoms with E-state index in [1.165, 1.54) is 12.1 Å². The van der Waals surface area contributed by atoms with Crippen LogP contribution in [0.4, 0.5) is 4.39 Å². The number of carbonyl (C=O) groups is 2. The summed E-state index contributed by atoms with van der Waals surface area (Å²) in [4.78, 5) is 36.8. The summed E-state index contributed by atoms with van der Waals surface area (Å²) in [5.74, 6) is -0.300. The molecular weight excluding hydrogens is 407 g/mol. The van der Waals surface area contributed by atoms with Gasteiger partial charge in [0.2, 0.25) is 5.91 Å². The van der Waals surface area contributed by atoms with Crippen molar-refractivity contribution in [3.05, 3.63) is 65.2 Å². The number of hydrogen-bond acceptors (Lipinski definition) is 4. The summed E-state index contributed by atoms with van der Waals surface area (Å²) in [6, 6.07) is 9.73. The van der Waals surface area contributed by atoms with Crippen molar-refractivity contribution in [2.75, 3.05) is 39.8 Å². The fraction of sp³-hybridized carbons (Fsp3) is 0.480. The van der Waals surface area contributed by atoms with Crippen LogP contribution in [0.5, 0.6) is 0 Å². The first kappa shape index (κ1) is 22.4. The molecule has 2 aliphatic heterocycles. The lowest BCUT2D eigenvalue weighted by Gasteiger charge is -2.33. The van der Waals surface area contributed by atoms with Crippen LogP contribution in [-0.4, -0.2) is 71.3 Å². The van der Waals surface area contributed by atoms with Crippen LogP contribution in [0.2, 0.25) is 0 Å². The molecule has 0 bridgehead atoms. The molecule has 2 aromatic rings. The quantitative estimate of drug-likeness (QED) is 0.735. The molecule has 0 spiro atoms. The van der Waals surface area contributed by atoms with Crippen LogP contribution >= 0.6 is 0 Å². The molecule has 1 atom stereocenters. The highest BCUT2D eigenvalue weighted by atomic mass is 19.1. The third-order valence-corrected chi connectivity index (χ3v) is 6.78. The number of amides is 2.